The number of halogens is 1. The molecule has 0 saturated carbocycles. The lowest BCUT2D eigenvalue weighted by Gasteiger charge is -2.05. The SMILES string of the molecule is CCONC(=O)c1cc([N+](=O)[O-])ccc1I. The lowest BCUT2D eigenvalue weighted by atomic mass is 10.2. The summed E-state index contributed by atoms with van der Waals surface area (Å²) in [6.07, 6.45) is 0. The van der Waals surface area contributed by atoms with Gasteiger partial charge in [0.05, 0.1) is 17.1 Å². The van der Waals surface area contributed by atoms with E-state index in [1.165, 1.54) is 18.2 Å². The third kappa shape index (κ3) is 3.14. The molecule has 0 bridgehead atoms. The van der Waals surface area contributed by atoms with Crippen molar-refractivity contribution in [2.45, 2.75) is 6.92 Å². The first-order valence-electron chi connectivity index (χ1n) is 4.42. The fourth-order valence-corrected chi connectivity index (χ4v) is 1.57. The van der Waals surface area contributed by atoms with Crippen molar-refractivity contribution in [2.24, 2.45) is 0 Å². The van der Waals surface area contributed by atoms with Crippen LogP contribution in [-0.4, -0.2) is 17.4 Å². The summed E-state index contributed by atoms with van der Waals surface area (Å²) in [5.41, 5.74) is 2.29. The first-order valence-corrected chi connectivity index (χ1v) is 5.50. The molecule has 7 heteroatoms. The van der Waals surface area contributed by atoms with E-state index < -0.39 is 10.8 Å². The lowest BCUT2D eigenvalue weighted by Crippen LogP contribution is -2.24. The minimum absolute atomic E-state index is 0.123. The molecule has 0 radical (unpaired) electrons. The van der Waals surface area contributed by atoms with Gasteiger partial charge in [0.1, 0.15) is 0 Å². The Morgan fingerprint density at radius 1 is 1.62 bits per heavy atom. The van der Waals surface area contributed by atoms with Crippen molar-refractivity contribution in [1.82, 2.24) is 5.48 Å². The number of amides is 1. The maximum Gasteiger partial charge on any atom is 0.276 e. The van der Waals surface area contributed by atoms with Crippen molar-refractivity contribution in [3.8, 4) is 0 Å². The number of hydrogen-bond acceptors (Lipinski definition) is 4. The first-order chi connectivity index (χ1) is 7.56. The summed E-state index contributed by atoms with van der Waals surface area (Å²) in [5, 5.41) is 10.5. The van der Waals surface area contributed by atoms with E-state index in [0.29, 0.717) is 10.2 Å². The minimum Gasteiger partial charge on any atom is -0.274 e. The second-order valence-corrected chi connectivity index (χ2v) is 3.95. The third-order valence-corrected chi connectivity index (χ3v) is 2.66. The Morgan fingerprint density at radius 3 is 2.88 bits per heavy atom. The molecule has 0 aliphatic heterocycles. The van der Waals surface area contributed by atoms with Gasteiger partial charge in [0.15, 0.2) is 0 Å². The summed E-state index contributed by atoms with van der Waals surface area (Å²) in [6.45, 7) is 2.05. The Hall–Kier alpha value is -1.22. The molecule has 0 aliphatic rings. The van der Waals surface area contributed by atoms with E-state index in [9.17, 15) is 14.9 Å². The number of nitrogens with one attached hydrogen (secondary N) is 1. The molecule has 0 aliphatic carbocycles. The minimum atomic E-state index is -0.548. The molecule has 0 unspecified atom stereocenters. The topological polar surface area (TPSA) is 81.5 Å². The molecule has 1 aromatic rings. The van der Waals surface area contributed by atoms with Gasteiger partial charge in [0, 0.05) is 15.7 Å². The highest BCUT2D eigenvalue weighted by molar-refractivity contribution is 14.1. The summed E-state index contributed by atoms with van der Waals surface area (Å²) in [7, 11) is 0. The average molecular weight is 336 g/mol. The van der Waals surface area contributed by atoms with Crippen LogP contribution in [0, 0.1) is 13.7 Å². The lowest BCUT2D eigenvalue weighted by molar-refractivity contribution is -0.384. The molecule has 0 fully saturated rings. The van der Waals surface area contributed by atoms with Crippen molar-refractivity contribution in [2.75, 3.05) is 6.61 Å². The van der Waals surface area contributed by atoms with Gasteiger partial charge < -0.3 is 0 Å². The van der Waals surface area contributed by atoms with Gasteiger partial charge in [-0.05, 0) is 35.6 Å². The highest BCUT2D eigenvalue weighted by Crippen LogP contribution is 2.19. The zero-order valence-electron chi connectivity index (χ0n) is 8.40. The molecule has 86 valence electrons. The molecule has 1 aromatic carbocycles. The van der Waals surface area contributed by atoms with E-state index in [-0.39, 0.29) is 11.3 Å². The Bertz CT molecular complexity index is 422. The molecule has 1 N–H and O–H groups in total. The van der Waals surface area contributed by atoms with Crippen LogP contribution in [0.1, 0.15) is 17.3 Å². The number of hydroxylamine groups is 1. The monoisotopic (exact) mass is 336 g/mol. The van der Waals surface area contributed by atoms with Gasteiger partial charge in [-0.1, -0.05) is 0 Å². The van der Waals surface area contributed by atoms with E-state index in [2.05, 4.69) is 5.48 Å². The van der Waals surface area contributed by atoms with Crippen LogP contribution in [0.15, 0.2) is 18.2 Å². The fraction of sp³-hybridized carbons (Fsp3) is 0.222. The number of nitrogens with zero attached hydrogens (tertiary/aromatic N) is 1. The van der Waals surface area contributed by atoms with Crippen molar-refractivity contribution in [3.63, 3.8) is 0 Å². The molecule has 0 aromatic heterocycles. The summed E-state index contributed by atoms with van der Waals surface area (Å²) < 4.78 is 0.625. The Morgan fingerprint density at radius 2 is 2.31 bits per heavy atom. The largest absolute Gasteiger partial charge is 0.276 e. The number of carbonyl (C=O) groups excluding carboxylic acids is 1. The van der Waals surface area contributed by atoms with E-state index in [1.807, 2.05) is 22.6 Å². The number of benzene rings is 1. The molecule has 0 saturated heterocycles. The van der Waals surface area contributed by atoms with Gasteiger partial charge >= 0.3 is 0 Å². The van der Waals surface area contributed by atoms with Gasteiger partial charge in [-0.25, -0.2) is 5.48 Å². The number of carbonyl (C=O) groups is 1. The summed E-state index contributed by atoms with van der Waals surface area (Å²) in [5.74, 6) is -0.491. The van der Waals surface area contributed by atoms with E-state index in [0.717, 1.165) is 0 Å². The van der Waals surface area contributed by atoms with Crippen molar-refractivity contribution < 1.29 is 14.6 Å². The molecule has 1 amide bonds. The van der Waals surface area contributed by atoms with Crippen molar-refractivity contribution in [1.29, 1.82) is 0 Å². The zero-order valence-corrected chi connectivity index (χ0v) is 10.6. The molecule has 6 nitrogen and oxygen atoms in total. The Balaban J connectivity index is 2.97. The number of nitro groups is 1. The number of nitro benzene ring substituents is 1. The van der Waals surface area contributed by atoms with Gasteiger partial charge in [0.25, 0.3) is 11.6 Å². The van der Waals surface area contributed by atoms with Crippen LogP contribution in [0.3, 0.4) is 0 Å². The van der Waals surface area contributed by atoms with Gasteiger partial charge in [-0.2, -0.15) is 0 Å². The molecular weight excluding hydrogens is 327 g/mol. The summed E-state index contributed by atoms with van der Waals surface area (Å²) >= 11 is 1.93. The maximum absolute atomic E-state index is 11.5. The van der Waals surface area contributed by atoms with E-state index in [4.69, 9.17) is 4.84 Å². The predicted molar refractivity (Wildman–Crippen MR) is 64.9 cm³/mol. The third-order valence-electron chi connectivity index (χ3n) is 1.71. The van der Waals surface area contributed by atoms with Crippen LogP contribution in [0.2, 0.25) is 0 Å². The molecule has 1 rings (SSSR count). The molecular formula is C9H9IN2O4. The van der Waals surface area contributed by atoms with Crippen LogP contribution in [-0.2, 0) is 4.84 Å². The molecule has 0 heterocycles. The van der Waals surface area contributed by atoms with Crippen LogP contribution >= 0.6 is 22.6 Å². The number of non-ortho nitro benzene ring substituents is 1. The van der Waals surface area contributed by atoms with Gasteiger partial charge in [0.2, 0.25) is 0 Å². The van der Waals surface area contributed by atoms with Crippen LogP contribution in [0.4, 0.5) is 5.69 Å². The second kappa shape index (κ2) is 5.75. The van der Waals surface area contributed by atoms with Crippen molar-refractivity contribution in [3.05, 3.63) is 37.4 Å². The normalized spacial score (nSPS) is 9.88. The number of hydrogen-bond donors (Lipinski definition) is 1. The standard InChI is InChI=1S/C9H9IN2O4/c1-2-16-11-9(13)7-5-6(12(14)15)3-4-8(7)10/h3-5H,2H2,1H3,(H,11,13). The van der Waals surface area contributed by atoms with Gasteiger partial charge in [-0.3, -0.25) is 19.7 Å². The van der Waals surface area contributed by atoms with Gasteiger partial charge in [-0.15, -0.1) is 0 Å². The van der Waals surface area contributed by atoms with Crippen LogP contribution < -0.4 is 5.48 Å². The van der Waals surface area contributed by atoms with E-state index in [1.54, 1.807) is 6.92 Å². The Kier molecular flexibility index (Phi) is 4.62. The maximum atomic E-state index is 11.5. The predicted octanol–water partition coefficient (Wildman–Crippen LogP) is 1.88. The fourth-order valence-electron chi connectivity index (χ4n) is 0.994. The number of rotatable bonds is 4. The summed E-state index contributed by atoms with van der Waals surface area (Å²) in [6, 6.07) is 4.08. The molecule has 0 spiro atoms. The highest BCUT2D eigenvalue weighted by Gasteiger charge is 2.15. The summed E-state index contributed by atoms with van der Waals surface area (Å²) in [4.78, 5) is 26.3. The first kappa shape index (κ1) is 12.8. The average Bonchev–Trinajstić information content (AvgIpc) is 2.26. The smallest absolute Gasteiger partial charge is 0.274 e. The van der Waals surface area contributed by atoms with Crippen LogP contribution in [0.25, 0.3) is 0 Å². The molecule has 16 heavy (non-hydrogen) atoms. The zero-order chi connectivity index (χ0) is 12.1. The molecule has 0 atom stereocenters. The second-order valence-electron chi connectivity index (χ2n) is 2.79. The quantitative estimate of drug-likeness (QED) is 0.517. The van der Waals surface area contributed by atoms with E-state index >= 15 is 0 Å². The van der Waals surface area contributed by atoms with Crippen LogP contribution in [0.5, 0.6) is 0 Å². The Labute approximate surface area is 105 Å². The highest BCUT2D eigenvalue weighted by atomic mass is 127. The van der Waals surface area contributed by atoms with Crippen molar-refractivity contribution >= 4 is 34.2 Å².